The van der Waals surface area contributed by atoms with E-state index in [0.29, 0.717) is 12.3 Å². The van der Waals surface area contributed by atoms with E-state index in [1.165, 1.54) is 16.7 Å². The zero-order valence-electron chi connectivity index (χ0n) is 11.3. The summed E-state index contributed by atoms with van der Waals surface area (Å²) < 4.78 is 5.04. The zero-order chi connectivity index (χ0) is 14.5. The molecule has 0 aliphatic carbocycles. The van der Waals surface area contributed by atoms with Gasteiger partial charge < -0.3 is 9.73 Å². The van der Waals surface area contributed by atoms with E-state index in [2.05, 4.69) is 22.4 Å². The molecule has 0 aliphatic rings. The molecule has 0 fully saturated rings. The smallest absolute Gasteiger partial charge is 0.287 e. The molecule has 0 unspecified atom stereocenters. The van der Waals surface area contributed by atoms with Crippen molar-refractivity contribution in [3.05, 3.63) is 76.1 Å². The molecule has 5 heteroatoms. The molecule has 4 nitrogen and oxygen atoms in total. The second-order valence-corrected chi connectivity index (χ2v) is 5.74. The van der Waals surface area contributed by atoms with Crippen molar-refractivity contribution in [2.75, 3.05) is 0 Å². The molecule has 0 aliphatic heterocycles. The average Bonchev–Trinajstić information content (AvgIpc) is 3.17. The maximum atomic E-state index is 11.7. The fourth-order valence-electron chi connectivity index (χ4n) is 1.96. The summed E-state index contributed by atoms with van der Waals surface area (Å²) in [5.74, 6) is 0.0934. The van der Waals surface area contributed by atoms with Crippen LogP contribution < -0.4 is 5.32 Å². The number of carbonyl (C=O) groups excluding carboxylic acids is 1. The van der Waals surface area contributed by atoms with Crippen molar-refractivity contribution in [3.63, 3.8) is 0 Å². The topological polar surface area (TPSA) is 55.1 Å². The Morgan fingerprint density at radius 1 is 1.19 bits per heavy atom. The average molecular weight is 298 g/mol. The monoisotopic (exact) mass is 298 g/mol. The Morgan fingerprint density at radius 3 is 2.81 bits per heavy atom. The van der Waals surface area contributed by atoms with E-state index in [4.69, 9.17) is 4.42 Å². The summed E-state index contributed by atoms with van der Waals surface area (Å²) in [5.41, 5.74) is 1.26. The number of nitrogens with one attached hydrogen (secondary N) is 1. The van der Waals surface area contributed by atoms with Crippen LogP contribution >= 0.6 is 11.3 Å². The van der Waals surface area contributed by atoms with E-state index >= 15 is 0 Å². The van der Waals surface area contributed by atoms with Gasteiger partial charge in [0.2, 0.25) is 0 Å². The first kappa shape index (κ1) is 13.6. The number of aromatic nitrogens is 1. The molecule has 0 bridgehead atoms. The molecule has 1 N–H and O–H groups in total. The summed E-state index contributed by atoms with van der Waals surface area (Å²) in [6, 6.07) is 13.6. The first-order valence-corrected chi connectivity index (χ1v) is 7.42. The second-order valence-electron chi connectivity index (χ2n) is 4.54. The van der Waals surface area contributed by atoms with Gasteiger partial charge in [0, 0.05) is 17.5 Å². The molecule has 0 saturated heterocycles. The van der Waals surface area contributed by atoms with Crippen LogP contribution in [0, 0.1) is 0 Å². The molecule has 2 heterocycles. The summed E-state index contributed by atoms with van der Waals surface area (Å²) in [5, 5.41) is 3.68. The van der Waals surface area contributed by atoms with Gasteiger partial charge in [-0.15, -0.1) is 11.3 Å². The van der Waals surface area contributed by atoms with Crippen LogP contribution in [0.2, 0.25) is 0 Å². The SMILES string of the molecule is O=C(NCc1ncc(Cc2ccccc2)s1)c1ccco1. The molecule has 0 radical (unpaired) electrons. The number of carbonyl (C=O) groups is 1. The van der Waals surface area contributed by atoms with Gasteiger partial charge in [0.1, 0.15) is 5.01 Å². The van der Waals surface area contributed by atoms with Crippen LogP contribution in [0.1, 0.15) is 26.0 Å². The van der Waals surface area contributed by atoms with Gasteiger partial charge >= 0.3 is 0 Å². The van der Waals surface area contributed by atoms with E-state index in [1.807, 2.05) is 24.4 Å². The van der Waals surface area contributed by atoms with Gasteiger partial charge in [0.15, 0.2) is 5.76 Å². The molecule has 3 rings (SSSR count). The lowest BCUT2D eigenvalue weighted by Gasteiger charge is -1.99. The number of hydrogen-bond acceptors (Lipinski definition) is 4. The Kier molecular flexibility index (Phi) is 4.12. The van der Waals surface area contributed by atoms with Crippen LogP contribution in [0.15, 0.2) is 59.3 Å². The van der Waals surface area contributed by atoms with Gasteiger partial charge in [-0.3, -0.25) is 4.79 Å². The van der Waals surface area contributed by atoms with Crippen molar-refractivity contribution >= 4 is 17.2 Å². The van der Waals surface area contributed by atoms with Gasteiger partial charge in [-0.2, -0.15) is 0 Å². The van der Waals surface area contributed by atoms with Gasteiger partial charge in [0.05, 0.1) is 12.8 Å². The maximum Gasteiger partial charge on any atom is 0.287 e. The Bertz CT molecular complexity index is 705. The molecule has 1 aromatic carbocycles. The molecule has 21 heavy (non-hydrogen) atoms. The Hall–Kier alpha value is -2.40. The van der Waals surface area contributed by atoms with Crippen LogP contribution in [0.5, 0.6) is 0 Å². The Labute approximate surface area is 126 Å². The van der Waals surface area contributed by atoms with E-state index < -0.39 is 0 Å². The third-order valence-corrected chi connectivity index (χ3v) is 3.97. The van der Waals surface area contributed by atoms with E-state index in [0.717, 1.165) is 11.4 Å². The van der Waals surface area contributed by atoms with Crippen LogP contribution in [-0.4, -0.2) is 10.9 Å². The van der Waals surface area contributed by atoms with Gasteiger partial charge in [0.25, 0.3) is 5.91 Å². The van der Waals surface area contributed by atoms with Crippen LogP contribution in [-0.2, 0) is 13.0 Å². The number of furan rings is 1. The molecule has 0 saturated carbocycles. The second kappa shape index (κ2) is 6.37. The van der Waals surface area contributed by atoms with Crippen molar-refractivity contribution in [2.45, 2.75) is 13.0 Å². The highest BCUT2D eigenvalue weighted by Gasteiger charge is 2.09. The predicted octanol–water partition coefficient (Wildman–Crippen LogP) is 3.26. The van der Waals surface area contributed by atoms with Gasteiger partial charge in [-0.25, -0.2) is 4.98 Å². The van der Waals surface area contributed by atoms with E-state index in [1.54, 1.807) is 23.5 Å². The highest BCUT2D eigenvalue weighted by Crippen LogP contribution is 2.17. The zero-order valence-corrected chi connectivity index (χ0v) is 12.1. The largest absolute Gasteiger partial charge is 0.459 e. The highest BCUT2D eigenvalue weighted by atomic mass is 32.1. The van der Waals surface area contributed by atoms with Crippen molar-refractivity contribution in [3.8, 4) is 0 Å². The van der Waals surface area contributed by atoms with Crippen LogP contribution in [0.4, 0.5) is 0 Å². The number of hydrogen-bond donors (Lipinski definition) is 1. The summed E-state index contributed by atoms with van der Waals surface area (Å²) in [7, 11) is 0. The summed E-state index contributed by atoms with van der Waals surface area (Å²) in [6.07, 6.45) is 4.22. The lowest BCUT2D eigenvalue weighted by Crippen LogP contribution is -2.22. The minimum atomic E-state index is -0.222. The predicted molar refractivity (Wildman–Crippen MR) is 81.2 cm³/mol. The number of rotatable bonds is 5. The highest BCUT2D eigenvalue weighted by molar-refractivity contribution is 7.11. The quantitative estimate of drug-likeness (QED) is 0.786. The maximum absolute atomic E-state index is 11.7. The molecular formula is C16H14N2O2S. The minimum absolute atomic E-state index is 0.222. The first-order chi connectivity index (χ1) is 10.3. The standard InChI is InChI=1S/C16H14N2O2S/c19-16(14-7-4-8-20-14)18-11-15-17-10-13(21-15)9-12-5-2-1-3-6-12/h1-8,10H,9,11H2,(H,18,19). The fraction of sp³-hybridized carbons (Fsp3) is 0.125. The van der Waals surface area contributed by atoms with Gasteiger partial charge in [-0.05, 0) is 17.7 Å². The lowest BCUT2D eigenvalue weighted by molar-refractivity contribution is 0.0923. The molecule has 1 amide bonds. The van der Waals surface area contributed by atoms with Crippen molar-refractivity contribution in [2.24, 2.45) is 0 Å². The summed E-state index contributed by atoms with van der Waals surface area (Å²) >= 11 is 1.61. The normalized spacial score (nSPS) is 10.5. The van der Waals surface area contributed by atoms with Crippen molar-refractivity contribution in [1.29, 1.82) is 0 Å². The third-order valence-electron chi connectivity index (χ3n) is 2.97. The Balaban J connectivity index is 1.57. The fourth-order valence-corrected chi connectivity index (χ4v) is 2.86. The third kappa shape index (κ3) is 3.58. The number of thiazole rings is 1. The number of benzene rings is 1. The molecular weight excluding hydrogens is 284 g/mol. The number of amides is 1. The van der Waals surface area contributed by atoms with Crippen LogP contribution in [0.25, 0.3) is 0 Å². The first-order valence-electron chi connectivity index (χ1n) is 6.60. The minimum Gasteiger partial charge on any atom is -0.459 e. The summed E-state index contributed by atoms with van der Waals surface area (Å²) in [6.45, 7) is 0.416. The van der Waals surface area contributed by atoms with E-state index in [9.17, 15) is 4.79 Å². The molecule has 0 spiro atoms. The van der Waals surface area contributed by atoms with Crippen molar-refractivity contribution in [1.82, 2.24) is 10.3 Å². The lowest BCUT2D eigenvalue weighted by atomic mass is 10.1. The van der Waals surface area contributed by atoms with E-state index in [-0.39, 0.29) is 5.91 Å². The van der Waals surface area contributed by atoms with Gasteiger partial charge in [-0.1, -0.05) is 30.3 Å². The molecule has 106 valence electrons. The summed E-state index contributed by atoms with van der Waals surface area (Å²) in [4.78, 5) is 17.3. The molecule has 0 atom stereocenters. The molecule has 3 aromatic rings. The van der Waals surface area contributed by atoms with Crippen molar-refractivity contribution < 1.29 is 9.21 Å². The Morgan fingerprint density at radius 2 is 2.05 bits per heavy atom. The molecule has 2 aromatic heterocycles. The van der Waals surface area contributed by atoms with Crippen LogP contribution in [0.3, 0.4) is 0 Å². The number of nitrogens with zero attached hydrogens (tertiary/aromatic N) is 1.